The van der Waals surface area contributed by atoms with E-state index in [1.165, 1.54) is 5.56 Å². The molecule has 1 aromatic heterocycles. The van der Waals surface area contributed by atoms with Gasteiger partial charge in [0.2, 0.25) is 0 Å². The van der Waals surface area contributed by atoms with Gasteiger partial charge in [-0.1, -0.05) is 32.4 Å². The molecule has 2 heterocycles. The molecule has 0 atom stereocenters. The number of nitrogens with zero attached hydrogens (tertiary/aromatic N) is 3. The Balaban J connectivity index is 1.53. The van der Waals surface area contributed by atoms with Crippen LogP contribution >= 0.6 is 0 Å². The Labute approximate surface area is 248 Å². The van der Waals surface area contributed by atoms with Crippen molar-refractivity contribution in [2.45, 2.75) is 91.9 Å². The Morgan fingerprint density at radius 3 is 2.41 bits per heavy atom. The summed E-state index contributed by atoms with van der Waals surface area (Å²) in [5.74, 6) is 0.629. The van der Waals surface area contributed by atoms with E-state index in [0.717, 1.165) is 75.4 Å². The van der Waals surface area contributed by atoms with E-state index in [-0.39, 0.29) is 11.6 Å². The number of carbonyl (C=O) groups is 1. The van der Waals surface area contributed by atoms with Crippen LogP contribution in [0.1, 0.15) is 79.7 Å². The molecule has 0 bridgehead atoms. The maximum atomic E-state index is 12.5. The Kier molecular flexibility index (Phi) is 12.6. The van der Waals surface area contributed by atoms with Crippen LogP contribution in [0.15, 0.2) is 42.6 Å². The highest BCUT2D eigenvalue weighted by Crippen LogP contribution is 2.20. The molecule has 226 valence electrons. The van der Waals surface area contributed by atoms with Gasteiger partial charge in [0.15, 0.2) is 0 Å². The summed E-state index contributed by atoms with van der Waals surface area (Å²) in [4.78, 5) is 21.7. The van der Waals surface area contributed by atoms with E-state index in [0.29, 0.717) is 13.2 Å². The molecular formula is C32H51BN4O4. The number of piperazine rings is 1. The van der Waals surface area contributed by atoms with Crippen molar-refractivity contribution in [2.75, 3.05) is 44.6 Å². The fourth-order valence-corrected chi connectivity index (χ4v) is 4.82. The van der Waals surface area contributed by atoms with Crippen molar-refractivity contribution in [3.63, 3.8) is 0 Å². The molecule has 9 heteroatoms. The van der Waals surface area contributed by atoms with Crippen molar-refractivity contribution < 1.29 is 18.8 Å². The SMILES string of the molecule is CCCCC(C)(C)OC(=O)CN1CCN(Cc2cccc(Nc3cc(B(OCC)OC(C)(C)CC)ccn3)c2)CC1. The van der Waals surface area contributed by atoms with Crippen molar-refractivity contribution in [1.82, 2.24) is 14.8 Å². The Morgan fingerprint density at radius 2 is 1.73 bits per heavy atom. The van der Waals surface area contributed by atoms with Crippen LogP contribution in [0, 0.1) is 0 Å². The lowest BCUT2D eigenvalue weighted by Crippen LogP contribution is -2.48. The minimum absolute atomic E-state index is 0.121. The number of nitrogens with one attached hydrogen (secondary N) is 1. The van der Waals surface area contributed by atoms with Gasteiger partial charge >= 0.3 is 13.1 Å². The van der Waals surface area contributed by atoms with Crippen molar-refractivity contribution in [2.24, 2.45) is 0 Å². The van der Waals surface area contributed by atoms with Crippen LogP contribution in [-0.4, -0.2) is 78.4 Å². The summed E-state index contributed by atoms with van der Waals surface area (Å²) >= 11 is 0. The van der Waals surface area contributed by atoms with E-state index < -0.39 is 12.7 Å². The fourth-order valence-electron chi connectivity index (χ4n) is 4.82. The zero-order valence-corrected chi connectivity index (χ0v) is 26.4. The molecular weight excluding hydrogens is 515 g/mol. The van der Waals surface area contributed by atoms with Gasteiger partial charge in [0.05, 0.1) is 6.54 Å². The maximum absolute atomic E-state index is 12.5. The van der Waals surface area contributed by atoms with E-state index in [1.54, 1.807) is 6.20 Å². The largest absolute Gasteiger partial charge is 0.494 e. The normalized spacial score (nSPS) is 15.1. The first kappa shape index (κ1) is 33.1. The molecule has 1 aliphatic heterocycles. The number of benzene rings is 1. The first-order chi connectivity index (χ1) is 19.5. The fraction of sp³-hybridized carbons (Fsp3) is 0.625. The van der Waals surface area contributed by atoms with E-state index >= 15 is 0 Å². The predicted octanol–water partition coefficient (Wildman–Crippen LogP) is 5.39. The number of carbonyl (C=O) groups excluding carboxylic acids is 1. The van der Waals surface area contributed by atoms with E-state index in [2.05, 4.69) is 72.1 Å². The Bertz CT molecular complexity index is 1090. The summed E-state index contributed by atoms with van der Waals surface area (Å²) in [7, 11) is -0.446. The third-order valence-electron chi connectivity index (χ3n) is 7.60. The predicted molar refractivity (Wildman–Crippen MR) is 168 cm³/mol. The first-order valence-electron chi connectivity index (χ1n) is 15.3. The van der Waals surface area contributed by atoms with Gasteiger partial charge in [0.1, 0.15) is 11.4 Å². The molecule has 2 aromatic rings. The third kappa shape index (κ3) is 11.4. The number of hydrogen-bond acceptors (Lipinski definition) is 8. The highest BCUT2D eigenvalue weighted by Gasteiger charge is 2.29. The van der Waals surface area contributed by atoms with Gasteiger partial charge in [-0.25, -0.2) is 4.98 Å². The quantitative estimate of drug-likeness (QED) is 0.214. The molecule has 41 heavy (non-hydrogen) atoms. The summed E-state index contributed by atoms with van der Waals surface area (Å²) in [5.41, 5.74) is 2.48. The van der Waals surface area contributed by atoms with Crippen LogP contribution in [0.25, 0.3) is 0 Å². The molecule has 0 saturated carbocycles. The van der Waals surface area contributed by atoms with Gasteiger partial charge in [0.25, 0.3) is 0 Å². The first-order valence-corrected chi connectivity index (χ1v) is 15.3. The lowest BCUT2D eigenvalue weighted by Gasteiger charge is -2.35. The Hall–Kier alpha value is -2.46. The zero-order chi connectivity index (χ0) is 29.9. The van der Waals surface area contributed by atoms with Crippen molar-refractivity contribution in [3.05, 3.63) is 48.2 Å². The van der Waals surface area contributed by atoms with Crippen LogP contribution in [-0.2, 0) is 25.4 Å². The number of esters is 1. The zero-order valence-electron chi connectivity index (χ0n) is 26.4. The van der Waals surface area contributed by atoms with E-state index in [1.807, 2.05) is 32.9 Å². The molecule has 8 nitrogen and oxygen atoms in total. The summed E-state index contributed by atoms with van der Waals surface area (Å²) in [6.07, 6.45) is 5.75. The third-order valence-corrected chi connectivity index (χ3v) is 7.60. The monoisotopic (exact) mass is 566 g/mol. The molecule has 1 fully saturated rings. The van der Waals surface area contributed by atoms with Crippen LogP contribution in [0.4, 0.5) is 11.5 Å². The molecule has 1 aromatic carbocycles. The van der Waals surface area contributed by atoms with Crippen molar-refractivity contribution in [3.8, 4) is 0 Å². The van der Waals surface area contributed by atoms with Crippen LogP contribution < -0.4 is 10.8 Å². The molecule has 1 saturated heterocycles. The number of aromatic nitrogens is 1. The molecule has 1 N–H and O–H groups in total. The lowest BCUT2D eigenvalue weighted by atomic mass is 9.78. The van der Waals surface area contributed by atoms with E-state index in [4.69, 9.17) is 14.0 Å². The molecule has 0 aliphatic carbocycles. The van der Waals surface area contributed by atoms with Gasteiger partial charge in [-0.15, -0.1) is 0 Å². The van der Waals surface area contributed by atoms with E-state index in [9.17, 15) is 4.79 Å². The number of anilines is 2. The summed E-state index contributed by atoms with van der Waals surface area (Å²) in [6.45, 7) is 19.8. The highest BCUT2D eigenvalue weighted by atomic mass is 16.6. The van der Waals surface area contributed by atoms with Gasteiger partial charge in [-0.3, -0.25) is 14.6 Å². The van der Waals surface area contributed by atoms with Crippen LogP contribution in [0.2, 0.25) is 0 Å². The van der Waals surface area contributed by atoms with Gasteiger partial charge in [-0.05, 0) is 89.2 Å². The summed E-state index contributed by atoms with van der Waals surface area (Å²) < 4.78 is 18.0. The highest BCUT2D eigenvalue weighted by molar-refractivity contribution is 6.61. The molecule has 0 unspecified atom stereocenters. The standard InChI is InChI=1S/C32H51BN4O4/c1-8-11-16-32(6,7)40-30(38)25-37-20-18-36(19-21-37)24-26-13-12-14-28(22-26)35-29-23-27(15-17-34-29)33(39-10-3)41-31(4,5)9-2/h12-15,17,22-23H,8-11,16,18-21,24-25H2,1-7H3,(H,34,35). The van der Waals surface area contributed by atoms with Crippen molar-refractivity contribution >= 4 is 30.1 Å². The van der Waals surface area contributed by atoms with Crippen LogP contribution in [0.3, 0.4) is 0 Å². The topological polar surface area (TPSA) is 76.2 Å². The second-order valence-electron chi connectivity index (χ2n) is 12.2. The Morgan fingerprint density at radius 1 is 1.00 bits per heavy atom. The minimum Gasteiger partial charge on any atom is -0.459 e. The van der Waals surface area contributed by atoms with Gasteiger partial charge in [0, 0.05) is 56.8 Å². The number of ether oxygens (including phenoxy) is 1. The summed E-state index contributed by atoms with van der Waals surface area (Å²) in [5, 5.41) is 3.46. The summed E-state index contributed by atoms with van der Waals surface area (Å²) in [6, 6.07) is 12.4. The number of pyridine rings is 1. The minimum atomic E-state index is -0.446. The average molecular weight is 567 g/mol. The van der Waals surface area contributed by atoms with Gasteiger partial charge in [-0.2, -0.15) is 0 Å². The lowest BCUT2D eigenvalue weighted by molar-refractivity contribution is -0.158. The average Bonchev–Trinajstić information content (AvgIpc) is 2.93. The molecule has 0 amide bonds. The second kappa shape index (κ2) is 15.7. The molecule has 0 spiro atoms. The molecule has 1 aliphatic rings. The second-order valence-corrected chi connectivity index (χ2v) is 12.2. The number of unbranched alkanes of at least 4 members (excludes halogenated alkanes) is 1. The van der Waals surface area contributed by atoms with Crippen LogP contribution in [0.5, 0.6) is 0 Å². The maximum Gasteiger partial charge on any atom is 0.494 e. The number of rotatable bonds is 16. The van der Waals surface area contributed by atoms with Crippen molar-refractivity contribution in [1.29, 1.82) is 0 Å². The smallest absolute Gasteiger partial charge is 0.459 e. The number of hydrogen-bond donors (Lipinski definition) is 1. The molecule has 3 rings (SSSR count). The molecule has 0 radical (unpaired) electrons. The van der Waals surface area contributed by atoms with Gasteiger partial charge < -0.3 is 19.4 Å².